The number of ether oxygens (including phenoxy) is 1. The minimum Gasteiger partial charge on any atom is -0.494 e. The van der Waals surface area contributed by atoms with E-state index in [0.29, 0.717) is 12.4 Å². The van der Waals surface area contributed by atoms with Gasteiger partial charge in [-0.1, -0.05) is 0 Å². The Hall–Kier alpha value is -1.60. The number of nitrogens with one attached hydrogen (secondary N) is 2. The predicted molar refractivity (Wildman–Crippen MR) is 71.5 cm³/mol. The Morgan fingerprint density at radius 3 is 2.42 bits per heavy atom. The quantitative estimate of drug-likeness (QED) is 0.764. The highest BCUT2D eigenvalue weighted by molar-refractivity contribution is 7.89. The maximum Gasteiger partial charge on any atom is 0.240 e. The van der Waals surface area contributed by atoms with Gasteiger partial charge in [0.05, 0.1) is 11.5 Å². The van der Waals surface area contributed by atoms with Crippen molar-refractivity contribution in [2.75, 3.05) is 20.2 Å². The van der Waals surface area contributed by atoms with Crippen LogP contribution < -0.4 is 14.8 Å². The summed E-state index contributed by atoms with van der Waals surface area (Å²) in [5.74, 6) is 0.404. The van der Waals surface area contributed by atoms with E-state index in [4.69, 9.17) is 4.74 Å². The lowest BCUT2D eigenvalue weighted by molar-refractivity contribution is -0.120. The molecule has 0 unspecified atom stereocenters. The van der Waals surface area contributed by atoms with Crippen LogP contribution in [0.5, 0.6) is 5.75 Å². The molecule has 0 aromatic heterocycles. The van der Waals surface area contributed by atoms with E-state index in [0.717, 1.165) is 0 Å². The topological polar surface area (TPSA) is 84.5 Å². The van der Waals surface area contributed by atoms with Gasteiger partial charge in [0, 0.05) is 20.0 Å². The summed E-state index contributed by atoms with van der Waals surface area (Å²) in [5, 5.41) is 2.42. The highest BCUT2D eigenvalue weighted by atomic mass is 32.2. The molecule has 1 aromatic carbocycles. The molecule has 0 saturated carbocycles. The summed E-state index contributed by atoms with van der Waals surface area (Å²) in [6.45, 7) is 2.44. The first-order chi connectivity index (χ1) is 8.99. The molecule has 0 bridgehead atoms. The first kappa shape index (κ1) is 15.5. The van der Waals surface area contributed by atoms with E-state index >= 15 is 0 Å². The average molecular weight is 286 g/mol. The van der Waals surface area contributed by atoms with Crippen molar-refractivity contribution in [2.24, 2.45) is 0 Å². The molecule has 0 saturated heterocycles. The van der Waals surface area contributed by atoms with Gasteiger partial charge in [-0.15, -0.1) is 0 Å². The summed E-state index contributed by atoms with van der Waals surface area (Å²) in [5.41, 5.74) is 0. The third-order valence-electron chi connectivity index (χ3n) is 2.37. The predicted octanol–water partition coefficient (Wildman–Crippen LogP) is 0.500. The molecule has 2 N–H and O–H groups in total. The number of rotatable bonds is 7. The molecule has 0 heterocycles. The first-order valence-corrected chi connectivity index (χ1v) is 7.41. The lowest BCUT2D eigenvalue weighted by Gasteiger charge is -2.07. The highest BCUT2D eigenvalue weighted by Crippen LogP contribution is 2.15. The van der Waals surface area contributed by atoms with Crippen molar-refractivity contribution in [2.45, 2.75) is 18.2 Å². The summed E-state index contributed by atoms with van der Waals surface area (Å²) in [7, 11) is -2.08. The van der Waals surface area contributed by atoms with Crippen molar-refractivity contribution < 1.29 is 17.9 Å². The molecule has 0 atom stereocenters. The Labute approximate surface area is 113 Å². The zero-order valence-electron chi connectivity index (χ0n) is 11.0. The van der Waals surface area contributed by atoms with E-state index in [9.17, 15) is 13.2 Å². The zero-order valence-corrected chi connectivity index (χ0v) is 11.8. The molecule has 106 valence electrons. The molecule has 7 heteroatoms. The lowest BCUT2D eigenvalue weighted by atomic mass is 10.3. The second kappa shape index (κ2) is 7.10. The van der Waals surface area contributed by atoms with Gasteiger partial charge in [0.2, 0.25) is 15.9 Å². The van der Waals surface area contributed by atoms with Gasteiger partial charge in [0.25, 0.3) is 0 Å². The van der Waals surface area contributed by atoms with Crippen LogP contribution in [-0.4, -0.2) is 34.5 Å². The second-order valence-corrected chi connectivity index (χ2v) is 5.49. The van der Waals surface area contributed by atoms with Gasteiger partial charge < -0.3 is 10.1 Å². The molecular weight excluding hydrogens is 268 g/mol. The third-order valence-corrected chi connectivity index (χ3v) is 3.84. The standard InChI is InChI=1S/C12H18N2O4S/c1-3-18-10-4-6-11(7-5-10)19(16,17)14-9-8-12(15)13-2/h4-7,14H,3,8-9H2,1-2H3,(H,13,15). The van der Waals surface area contributed by atoms with Crippen molar-refractivity contribution in [1.29, 1.82) is 0 Å². The summed E-state index contributed by atoms with van der Waals surface area (Å²) >= 11 is 0. The van der Waals surface area contributed by atoms with Crippen LogP contribution in [0.25, 0.3) is 0 Å². The largest absolute Gasteiger partial charge is 0.494 e. The summed E-state index contributed by atoms with van der Waals surface area (Å²) in [6, 6.07) is 6.12. The fraction of sp³-hybridized carbons (Fsp3) is 0.417. The molecule has 0 aliphatic carbocycles. The van der Waals surface area contributed by atoms with Crippen LogP contribution in [0.3, 0.4) is 0 Å². The van der Waals surface area contributed by atoms with Gasteiger partial charge in [-0.05, 0) is 31.2 Å². The van der Waals surface area contributed by atoms with Gasteiger partial charge in [-0.25, -0.2) is 13.1 Å². The highest BCUT2D eigenvalue weighted by Gasteiger charge is 2.13. The fourth-order valence-corrected chi connectivity index (χ4v) is 2.42. The van der Waals surface area contributed by atoms with E-state index in [1.807, 2.05) is 6.92 Å². The van der Waals surface area contributed by atoms with E-state index in [2.05, 4.69) is 10.0 Å². The number of hydrogen-bond acceptors (Lipinski definition) is 4. The minimum atomic E-state index is -3.58. The van der Waals surface area contributed by atoms with Crippen LogP contribution in [0.4, 0.5) is 0 Å². The molecule has 1 rings (SSSR count). The fourth-order valence-electron chi connectivity index (χ4n) is 1.39. The summed E-state index contributed by atoms with van der Waals surface area (Å²) in [4.78, 5) is 11.1. The monoisotopic (exact) mass is 286 g/mol. The molecular formula is C12H18N2O4S. The maximum absolute atomic E-state index is 11.9. The molecule has 0 aliphatic heterocycles. The van der Waals surface area contributed by atoms with Crippen LogP contribution in [0.1, 0.15) is 13.3 Å². The van der Waals surface area contributed by atoms with Crippen molar-refractivity contribution in [3.05, 3.63) is 24.3 Å². The van der Waals surface area contributed by atoms with Gasteiger partial charge in [-0.2, -0.15) is 0 Å². The average Bonchev–Trinajstić information content (AvgIpc) is 2.39. The van der Waals surface area contributed by atoms with Crippen molar-refractivity contribution >= 4 is 15.9 Å². The molecule has 19 heavy (non-hydrogen) atoms. The number of carbonyl (C=O) groups is 1. The lowest BCUT2D eigenvalue weighted by Crippen LogP contribution is -2.29. The van der Waals surface area contributed by atoms with Crippen LogP contribution in [0.15, 0.2) is 29.2 Å². The van der Waals surface area contributed by atoms with Crippen molar-refractivity contribution in [1.82, 2.24) is 10.0 Å². The molecule has 0 radical (unpaired) electrons. The Balaban J connectivity index is 2.64. The Bertz CT molecular complexity index is 511. The Kier molecular flexibility index (Phi) is 5.78. The molecule has 1 aromatic rings. The molecule has 0 spiro atoms. The van der Waals surface area contributed by atoms with E-state index in [1.54, 1.807) is 12.1 Å². The zero-order chi connectivity index (χ0) is 14.3. The maximum atomic E-state index is 11.9. The van der Waals surface area contributed by atoms with Gasteiger partial charge in [0.1, 0.15) is 5.75 Å². The second-order valence-electron chi connectivity index (χ2n) is 3.73. The molecule has 0 aliphatic rings. The number of carbonyl (C=O) groups excluding carboxylic acids is 1. The minimum absolute atomic E-state index is 0.0647. The van der Waals surface area contributed by atoms with Gasteiger partial charge >= 0.3 is 0 Å². The van der Waals surface area contributed by atoms with Crippen molar-refractivity contribution in [3.63, 3.8) is 0 Å². The Morgan fingerprint density at radius 1 is 1.26 bits per heavy atom. The molecule has 0 fully saturated rings. The molecule has 1 amide bonds. The normalized spacial score (nSPS) is 11.1. The van der Waals surface area contributed by atoms with Crippen molar-refractivity contribution in [3.8, 4) is 5.75 Å². The summed E-state index contributed by atoms with van der Waals surface area (Å²) < 4.78 is 31.4. The first-order valence-electron chi connectivity index (χ1n) is 5.92. The van der Waals surface area contributed by atoms with E-state index in [-0.39, 0.29) is 23.8 Å². The Morgan fingerprint density at radius 2 is 1.89 bits per heavy atom. The summed E-state index contributed by atoms with van der Waals surface area (Å²) in [6.07, 6.45) is 0.104. The van der Waals surface area contributed by atoms with Crippen LogP contribution in [0, 0.1) is 0 Å². The number of hydrogen-bond donors (Lipinski definition) is 2. The van der Waals surface area contributed by atoms with Crippen LogP contribution in [0.2, 0.25) is 0 Å². The van der Waals surface area contributed by atoms with Crippen LogP contribution >= 0.6 is 0 Å². The SMILES string of the molecule is CCOc1ccc(S(=O)(=O)NCCC(=O)NC)cc1. The van der Waals surface area contributed by atoms with E-state index in [1.165, 1.54) is 19.2 Å². The van der Waals surface area contributed by atoms with Crippen LogP contribution in [-0.2, 0) is 14.8 Å². The number of amides is 1. The number of sulfonamides is 1. The van der Waals surface area contributed by atoms with Gasteiger partial charge in [0.15, 0.2) is 0 Å². The number of benzene rings is 1. The van der Waals surface area contributed by atoms with Gasteiger partial charge in [-0.3, -0.25) is 4.79 Å². The van der Waals surface area contributed by atoms with E-state index < -0.39 is 10.0 Å². The molecule has 6 nitrogen and oxygen atoms in total. The smallest absolute Gasteiger partial charge is 0.240 e. The third kappa shape index (κ3) is 4.88.